The molecule has 0 saturated carbocycles. The highest BCUT2D eigenvalue weighted by atomic mass is 31.2. The van der Waals surface area contributed by atoms with E-state index in [1.807, 2.05) is 21.1 Å². The molecule has 0 aliphatic heterocycles. The quantitative estimate of drug-likeness (QED) is 0.0243. The largest absolute Gasteiger partial charge is 0.472 e. The Balaban J connectivity index is 4.28. The fourth-order valence-electron chi connectivity index (χ4n) is 7.70. The molecule has 0 fully saturated rings. The normalized spacial score (nSPS) is 14.4. The van der Waals surface area contributed by atoms with Crippen molar-refractivity contribution in [2.75, 3.05) is 40.9 Å². The number of phosphoric ester groups is 1. The van der Waals surface area contributed by atoms with Gasteiger partial charge in [-0.25, -0.2) is 4.57 Å². The molecule has 1 amide bonds. The number of nitrogens with one attached hydrogen (secondary N) is 1. The van der Waals surface area contributed by atoms with Crippen LogP contribution in [-0.4, -0.2) is 73.4 Å². The number of amides is 1. The minimum Gasteiger partial charge on any atom is -0.391 e. The Morgan fingerprint density at radius 2 is 0.919 bits per heavy atom. The highest BCUT2D eigenvalue weighted by Gasteiger charge is 2.28. The van der Waals surface area contributed by atoms with E-state index >= 15 is 0 Å². The summed E-state index contributed by atoms with van der Waals surface area (Å²) in [5.74, 6) is -0.155. The number of hydrogen-bond acceptors (Lipinski definition) is 5. The summed E-state index contributed by atoms with van der Waals surface area (Å²) < 4.78 is 23.7. The van der Waals surface area contributed by atoms with E-state index in [4.69, 9.17) is 9.05 Å². The topological polar surface area (TPSA) is 105 Å². The van der Waals surface area contributed by atoms with Gasteiger partial charge in [0, 0.05) is 6.42 Å². The Hall–Kier alpha value is -1.28. The van der Waals surface area contributed by atoms with Crippen LogP contribution < -0.4 is 5.32 Å². The lowest BCUT2D eigenvalue weighted by atomic mass is 10.0. The Kier molecular flexibility index (Phi) is 44.0. The molecule has 0 aromatic carbocycles. The third kappa shape index (κ3) is 46.7. The maximum atomic E-state index is 13.0. The van der Waals surface area contributed by atoms with Gasteiger partial charge in [-0.2, -0.15) is 0 Å². The molecule has 62 heavy (non-hydrogen) atoms. The Morgan fingerprint density at radius 1 is 0.548 bits per heavy atom. The molecule has 0 saturated heterocycles. The molecule has 3 N–H and O–H groups in total. The van der Waals surface area contributed by atoms with Crippen molar-refractivity contribution in [3.63, 3.8) is 0 Å². The van der Waals surface area contributed by atoms with Crippen molar-refractivity contribution < 1.29 is 32.9 Å². The Labute approximate surface area is 385 Å². The van der Waals surface area contributed by atoms with Gasteiger partial charge in [-0.15, -0.1) is 0 Å². The predicted octanol–water partition coefficient (Wildman–Crippen LogP) is 15.4. The molecule has 8 nitrogen and oxygen atoms in total. The van der Waals surface area contributed by atoms with Gasteiger partial charge in [0.15, 0.2) is 0 Å². The first-order valence-corrected chi connectivity index (χ1v) is 27.8. The molecular weight excluding hydrogens is 792 g/mol. The van der Waals surface area contributed by atoms with Gasteiger partial charge < -0.3 is 19.8 Å². The van der Waals surface area contributed by atoms with Crippen LogP contribution in [0.2, 0.25) is 0 Å². The van der Waals surface area contributed by atoms with Gasteiger partial charge in [-0.1, -0.05) is 224 Å². The van der Waals surface area contributed by atoms with E-state index in [1.165, 1.54) is 154 Å². The molecule has 0 rings (SSSR count). The lowest BCUT2D eigenvalue weighted by Crippen LogP contribution is -2.46. The van der Waals surface area contributed by atoms with Crippen LogP contribution in [0.4, 0.5) is 0 Å². The highest BCUT2D eigenvalue weighted by Crippen LogP contribution is 2.43. The highest BCUT2D eigenvalue weighted by molar-refractivity contribution is 7.47. The van der Waals surface area contributed by atoms with Gasteiger partial charge in [0.1, 0.15) is 13.2 Å². The summed E-state index contributed by atoms with van der Waals surface area (Å²) in [5, 5.41) is 14.0. The summed E-state index contributed by atoms with van der Waals surface area (Å²) in [7, 11) is 1.61. The second kappa shape index (κ2) is 44.9. The summed E-state index contributed by atoms with van der Waals surface area (Å²) in [6, 6.07) is -0.768. The van der Waals surface area contributed by atoms with Crippen LogP contribution in [0.5, 0.6) is 0 Å². The molecule has 0 aliphatic carbocycles. The van der Waals surface area contributed by atoms with Gasteiger partial charge in [-0.05, 0) is 51.4 Å². The van der Waals surface area contributed by atoms with Gasteiger partial charge >= 0.3 is 7.82 Å². The van der Waals surface area contributed by atoms with E-state index in [1.54, 1.807) is 0 Å². The van der Waals surface area contributed by atoms with E-state index in [-0.39, 0.29) is 19.1 Å². The van der Waals surface area contributed by atoms with Crippen LogP contribution in [0, 0.1) is 0 Å². The van der Waals surface area contributed by atoms with E-state index in [2.05, 4.69) is 55.6 Å². The van der Waals surface area contributed by atoms with Crippen molar-refractivity contribution in [2.45, 2.75) is 257 Å². The van der Waals surface area contributed by atoms with Crippen molar-refractivity contribution in [1.29, 1.82) is 0 Å². The minimum atomic E-state index is -4.32. The lowest BCUT2D eigenvalue weighted by Gasteiger charge is -2.26. The second-order valence-corrected chi connectivity index (χ2v) is 20.7. The van der Waals surface area contributed by atoms with Crippen LogP contribution in [0.25, 0.3) is 0 Å². The molecule has 0 bridgehead atoms. The zero-order valence-electron chi connectivity index (χ0n) is 41.6. The SMILES string of the molecule is CCCCCCC/C=C\C/C=C\C/C=C\CCCCCCCCC(=O)NC(COP(=O)(O)OCC[N+](C)(C)C)C(O)CCCCCCCCCCCCCCCCCCCCC. The molecule has 0 radical (unpaired) electrons. The van der Waals surface area contributed by atoms with Crippen LogP contribution in [0.1, 0.15) is 245 Å². The van der Waals surface area contributed by atoms with Crippen molar-refractivity contribution in [3.8, 4) is 0 Å². The first-order valence-electron chi connectivity index (χ1n) is 26.4. The van der Waals surface area contributed by atoms with Crippen molar-refractivity contribution in [2.24, 2.45) is 0 Å². The van der Waals surface area contributed by atoms with Crippen molar-refractivity contribution >= 4 is 13.7 Å². The smallest absolute Gasteiger partial charge is 0.391 e. The number of likely N-dealkylation sites (N-methyl/N-ethyl adjacent to an activating group) is 1. The number of carbonyl (C=O) groups is 1. The summed E-state index contributed by atoms with van der Waals surface area (Å²) in [5.41, 5.74) is 0. The van der Waals surface area contributed by atoms with Crippen LogP contribution in [-0.2, 0) is 18.4 Å². The lowest BCUT2D eigenvalue weighted by molar-refractivity contribution is -0.870. The standard InChI is InChI=1S/C53H103N2O6P/c1-6-8-10-12-14-16-18-20-22-24-26-27-29-31-33-35-37-39-41-43-45-47-53(57)54-51(50-61-62(58,59)60-49-48-55(3,4)5)52(56)46-44-42-40-38-36-34-32-30-28-25-23-21-19-17-15-13-11-9-7-2/h18,20,24,26,29,31,51-52,56H,6-17,19,21-23,25,27-28,30,32-50H2,1-5H3,(H-,54,57,58,59)/p+1/b20-18-,26-24-,31-29-. The number of hydrogen-bond donors (Lipinski definition) is 3. The molecule has 0 aromatic rings. The van der Waals surface area contributed by atoms with Crippen LogP contribution in [0.15, 0.2) is 36.5 Å². The molecule has 3 unspecified atom stereocenters. The third-order valence-corrected chi connectivity index (χ3v) is 12.9. The van der Waals surface area contributed by atoms with Crippen molar-refractivity contribution in [3.05, 3.63) is 36.5 Å². The van der Waals surface area contributed by atoms with Gasteiger partial charge in [0.05, 0.1) is 39.9 Å². The summed E-state index contributed by atoms with van der Waals surface area (Å²) in [4.78, 5) is 23.3. The first-order chi connectivity index (χ1) is 30.0. The Bertz CT molecular complexity index is 1110. The van der Waals surface area contributed by atoms with E-state index in [9.17, 15) is 19.4 Å². The average Bonchev–Trinajstić information content (AvgIpc) is 3.23. The monoisotopic (exact) mass is 896 g/mol. The molecule has 0 aliphatic rings. The number of nitrogens with zero attached hydrogens (tertiary/aromatic N) is 1. The van der Waals surface area contributed by atoms with Crippen LogP contribution >= 0.6 is 7.82 Å². The maximum absolute atomic E-state index is 13.0. The number of phosphoric acid groups is 1. The molecular formula is C53H104N2O6P+. The van der Waals surface area contributed by atoms with E-state index in [0.717, 1.165) is 64.2 Å². The first kappa shape index (κ1) is 60.7. The number of allylic oxidation sites excluding steroid dienone is 6. The fraction of sp³-hybridized carbons (Fsp3) is 0.868. The molecule has 0 heterocycles. The fourth-order valence-corrected chi connectivity index (χ4v) is 8.44. The zero-order valence-corrected chi connectivity index (χ0v) is 42.5. The summed E-state index contributed by atoms with van der Waals surface area (Å²) in [6.07, 6.45) is 56.0. The number of carbonyl (C=O) groups excluding carboxylic acids is 1. The molecule has 0 aromatic heterocycles. The van der Waals surface area contributed by atoms with Gasteiger partial charge in [-0.3, -0.25) is 13.8 Å². The van der Waals surface area contributed by atoms with E-state index < -0.39 is 20.0 Å². The molecule has 3 atom stereocenters. The number of rotatable bonds is 48. The number of aliphatic hydroxyl groups is 1. The van der Waals surface area contributed by atoms with Gasteiger partial charge in [0.25, 0.3) is 0 Å². The summed E-state index contributed by atoms with van der Waals surface area (Å²) >= 11 is 0. The second-order valence-electron chi connectivity index (χ2n) is 19.3. The van der Waals surface area contributed by atoms with Crippen molar-refractivity contribution in [1.82, 2.24) is 5.32 Å². The number of quaternary nitrogens is 1. The molecule has 366 valence electrons. The van der Waals surface area contributed by atoms with Crippen LogP contribution in [0.3, 0.4) is 0 Å². The molecule has 0 spiro atoms. The molecule has 9 heteroatoms. The maximum Gasteiger partial charge on any atom is 0.472 e. The third-order valence-electron chi connectivity index (χ3n) is 11.9. The predicted molar refractivity (Wildman–Crippen MR) is 268 cm³/mol. The number of aliphatic hydroxyl groups excluding tert-OH is 1. The van der Waals surface area contributed by atoms with Gasteiger partial charge in [0.2, 0.25) is 5.91 Å². The number of unbranched alkanes of at least 4 members (excludes halogenated alkanes) is 29. The minimum absolute atomic E-state index is 0.0716. The zero-order chi connectivity index (χ0) is 45.7. The Morgan fingerprint density at radius 3 is 1.34 bits per heavy atom. The van der Waals surface area contributed by atoms with E-state index in [0.29, 0.717) is 23.9 Å². The summed E-state index contributed by atoms with van der Waals surface area (Å²) in [6.45, 7) is 4.89. The average molecular weight is 896 g/mol.